The van der Waals surface area contributed by atoms with Crippen LogP contribution < -0.4 is 0 Å². The van der Waals surface area contributed by atoms with Gasteiger partial charge < -0.3 is 4.90 Å². The number of allylic oxidation sites excluding steroid dienone is 2. The molecule has 0 atom stereocenters. The predicted octanol–water partition coefficient (Wildman–Crippen LogP) is 2.67. The van der Waals surface area contributed by atoms with Gasteiger partial charge in [-0.25, -0.2) is 0 Å². The van der Waals surface area contributed by atoms with Crippen molar-refractivity contribution >= 4 is 5.91 Å². The van der Waals surface area contributed by atoms with Crippen molar-refractivity contribution in [2.45, 2.75) is 38.5 Å². The van der Waals surface area contributed by atoms with E-state index in [1.165, 1.54) is 18.4 Å². The number of carbonyl (C=O) groups excluding carboxylic acids is 1. The zero-order valence-corrected chi connectivity index (χ0v) is 9.30. The van der Waals surface area contributed by atoms with E-state index in [0.717, 1.165) is 38.8 Å². The van der Waals surface area contributed by atoms with Crippen LogP contribution in [0.5, 0.6) is 0 Å². The lowest BCUT2D eigenvalue weighted by atomic mass is 10.1. The molecule has 0 unspecified atom stereocenters. The summed E-state index contributed by atoms with van der Waals surface area (Å²) in [5.74, 6) is 0.302. The van der Waals surface area contributed by atoms with E-state index in [2.05, 4.69) is 12.7 Å². The van der Waals surface area contributed by atoms with Gasteiger partial charge in [-0.2, -0.15) is 0 Å². The topological polar surface area (TPSA) is 20.3 Å². The fraction of sp³-hybridized carbons (Fsp3) is 0.615. The second-order valence-corrected chi connectivity index (χ2v) is 4.57. The van der Waals surface area contributed by atoms with Gasteiger partial charge in [0, 0.05) is 19.5 Å². The molecule has 0 N–H and O–H groups in total. The Bertz CT molecular complexity index is 298. The second kappa shape index (κ2) is 4.65. The molecule has 0 bridgehead atoms. The van der Waals surface area contributed by atoms with Crippen LogP contribution in [-0.2, 0) is 4.79 Å². The molecule has 0 aromatic heterocycles. The molecule has 1 saturated carbocycles. The van der Waals surface area contributed by atoms with Crippen LogP contribution >= 0.6 is 0 Å². The first-order valence-corrected chi connectivity index (χ1v) is 5.88. The Balaban J connectivity index is 1.67. The van der Waals surface area contributed by atoms with Gasteiger partial charge in [0.2, 0.25) is 5.91 Å². The van der Waals surface area contributed by atoms with E-state index in [-0.39, 0.29) is 0 Å². The van der Waals surface area contributed by atoms with Crippen molar-refractivity contribution < 1.29 is 4.79 Å². The number of amides is 1. The summed E-state index contributed by atoms with van der Waals surface area (Å²) in [5, 5.41) is 0. The third-order valence-corrected chi connectivity index (χ3v) is 3.06. The normalized spacial score (nSPS) is 19.6. The molecule has 0 spiro atoms. The van der Waals surface area contributed by atoms with E-state index in [0.29, 0.717) is 5.91 Å². The highest BCUT2D eigenvalue weighted by Crippen LogP contribution is 2.28. The molecule has 2 rings (SSSR count). The monoisotopic (exact) mass is 205 g/mol. The third-order valence-electron chi connectivity index (χ3n) is 3.06. The van der Waals surface area contributed by atoms with Gasteiger partial charge in [0.25, 0.3) is 0 Å². The van der Waals surface area contributed by atoms with Crippen LogP contribution in [0.15, 0.2) is 23.8 Å². The molecule has 1 aliphatic carbocycles. The lowest BCUT2D eigenvalue weighted by Gasteiger charge is -2.16. The molecule has 82 valence electrons. The fourth-order valence-electron chi connectivity index (χ4n) is 1.98. The molecule has 0 aromatic rings. The maximum atomic E-state index is 11.4. The fourth-order valence-corrected chi connectivity index (χ4v) is 1.98. The van der Waals surface area contributed by atoms with Crippen molar-refractivity contribution in [1.29, 1.82) is 0 Å². The summed E-state index contributed by atoms with van der Waals surface area (Å²) in [6.45, 7) is 5.76. The van der Waals surface area contributed by atoms with Crippen LogP contribution in [-0.4, -0.2) is 23.9 Å². The molecule has 1 heterocycles. The summed E-state index contributed by atoms with van der Waals surface area (Å²) >= 11 is 0. The zero-order chi connectivity index (χ0) is 10.7. The molecular formula is C13H19NO. The largest absolute Gasteiger partial charge is 0.339 e. The van der Waals surface area contributed by atoms with Gasteiger partial charge >= 0.3 is 0 Å². The minimum Gasteiger partial charge on any atom is -0.339 e. The molecule has 1 aliphatic heterocycles. The van der Waals surface area contributed by atoms with Crippen molar-refractivity contribution in [3.63, 3.8) is 0 Å². The van der Waals surface area contributed by atoms with E-state index in [4.69, 9.17) is 0 Å². The van der Waals surface area contributed by atoms with Crippen LogP contribution in [0.1, 0.15) is 38.5 Å². The van der Waals surface area contributed by atoms with Gasteiger partial charge in [-0.05, 0) is 32.1 Å². The highest BCUT2D eigenvalue weighted by molar-refractivity contribution is 5.78. The molecule has 2 heteroatoms. The van der Waals surface area contributed by atoms with Crippen molar-refractivity contribution in [2.24, 2.45) is 0 Å². The average molecular weight is 205 g/mol. The Morgan fingerprint density at radius 2 is 2.20 bits per heavy atom. The van der Waals surface area contributed by atoms with Gasteiger partial charge in [0.05, 0.1) is 0 Å². The Labute approximate surface area is 91.6 Å². The molecule has 1 saturated heterocycles. The highest BCUT2D eigenvalue weighted by atomic mass is 16.2. The number of hydrogen-bond donors (Lipinski definition) is 0. The van der Waals surface area contributed by atoms with Gasteiger partial charge in [0.15, 0.2) is 0 Å². The lowest BCUT2D eigenvalue weighted by molar-refractivity contribution is -0.127. The summed E-state index contributed by atoms with van der Waals surface area (Å²) < 4.78 is 0. The standard InChI is InChI=1S/C13H19NO/c1-11(4-2-5-12-7-8-12)10-14-9-3-6-13(14)15/h5H,1-4,6-10H2. The highest BCUT2D eigenvalue weighted by Gasteiger charge is 2.20. The van der Waals surface area contributed by atoms with Crippen LogP contribution in [0.25, 0.3) is 0 Å². The molecule has 0 radical (unpaired) electrons. The molecule has 2 nitrogen and oxygen atoms in total. The Kier molecular flexibility index (Phi) is 3.24. The summed E-state index contributed by atoms with van der Waals surface area (Å²) in [6, 6.07) is 0. The molecule has 1 amide bonds. The Hall–Kier alpha value is -1.05. The number of rotatable bonds is 5. The maximum absolute atomic E-state index is 11.4. The minimum absolute atomic E-state index is 0.302. The van der Waals surface area contributed by atoms with Crippen LogP contribution in [0, 0.1) is 0 Å². The molecular weight excluding hydrogens is 186 g/mol. The summed E-state index contributed by atoms with van der Waals surface area (Å²) in [4.78, 5) is 13.3. The van der Waals surface area contributed by atoms with E-state index in [1.807, 2.05) is 4.90 Å². The second-order valence-electron chi connectivity index (χ2n) is 4.57. The molecule has 2 fully saturated rings. The number of nitrogens with zero attached hydrogens (tertiary/aromatic N) is 1. The van der Waals surface area contributed by atoms with Crippen molar-refractivity contribution in [3.8, 4) is 0 Å². The number of hydrogen-bond acceptors (Lipinski definition) is 1. The van der Waals surface area contributed by atoms with Crippen molar-refractivity contribution in [3.05, 3.63) is 23.8 Å². The first-order chi connectivity index (χ1) is 7.25. The van der Waals surface area contributed by atoms with Gasteiger partial charge in [-0.1, -0.05) is 23.8 Å². The third kappa shape index (κ3) is 3.22. The Morgan fingerprint density at radius 1 is 1.40 bits per heavy atom. The first kappa shape index (κ1) is 10.5. The van der Waals surface area contributed by atoms with Crippen LogP contribution in [0.2, 0.25) is 0 Å². The van der Waals surface area contributed by atoms with Gasteiger partial charge in [0.1, 0.15) is 0 Å². The zero-order valence-electron chi connectivity index (χ0n) is 9.30. The van der Waals surface area contributed by atoms with E-state index < -0.39 is 0 Å². The lowest BCUT2D eigenvalue weighted by Crippen LogP contribution is -2.26. The summed E-state index contributed by atoms with van der Waals surface area (Å²) in [5.41, 5.74) is 2.79. The van der Waals surface area contributed by atoms with Gasteiger partial charge in [-0.3, -0.25) is 4.79 Å². The number of likely N-dealkylation sites (tertiary alicyclic amines) is 1. The molecule has 15 heavy (non-hydrogen) atoms. The predicted molar refractivity (Wildman–Crippen MR) is 61.5 cm³/mol. The SMILES string of the molecule is C=C(CCC=C1CC1)CN1CCCC1=O. The average Bonchev–Trinajstić information content (AvgIpc) is 2.93. The summed E-state index contributed by atoms with van der Waals surface area (Å²) in [7, 11) is 0. The van der Waals surface area contributed by atoms with E-state index in [1.54, 1.807) is 5.57 Å². The van der Waals surface area contributed by atoms with Crippen LogP contribution in [0.4, 0.5) is 0 Å². The Morgan fingerprint density at radius 3 is 2.80 bits per heavy atom. The van der Waals surface area contributed by atoms with E-state index >= 15 is 0 Å². The number of carbonyl (C=O) groups is 1. The first-order valence-electron chi connectivity index (χ1n) is 5.88. The van der Waals surface area contributed by atoms with E-state index in [9.17, 15) is 4.79 Å². The minimum atomic E-state index is 0.302. The van der Waals surface area contributed by atoms with Crippen LogP contribution in [0.3, 0.4) is 0 Å². The van der Waals surface area contributed by atoms with Gasteiger partial charge in [-0.15, -0.1) is 0 Å². The summed E-state index contributed by atoms with van der Waals surface area (Å²) in [6.07, 6.45) is 8.84. The van der Waals surface area contributed by atoms with Crippen molar-refractivity contribution in [2.75, 3.05) is 13.1 Å². The maximum Gasteiger partial charge on any atom is 0.222 e. The molecule has 2 aliphatic rings. The van der Waals surface area contributed by atoms with Crippen molar-refractivity contribution in [1.82, 2.24) is 4.90 Å². The quantitative estimate of drug-likeness (QED) is 0.632. The molecule has 0 aromatic carbocycles. The smallest absolute Gasteiger partial charge is 0.222 e.